The topological polar surface area (TPSA) is 111 Å². The molecule has 0 radical (unpaired) electrons. The summed E-state index contributed by atoms with van der Waals surface area (Å²) in [7, 11) is 1.50. The van der Waals surface area contributed by atoms with Crippen LogP contribution in [-0.4, -0.2) is 49.8 Å². The molecule has 1 fully saturated rings. The Kier molecular flexibility index (Phi) is 7.89. The molecule has 0 saturated heterocycles. The van der Waals surface area contributed by atoms with Gasteiger partial charge in [-0.15, -0.1) is 0 Å². The summed E-state index contributed by atoms with van der Waals surface area (Å²) in [5.41, 5.74) is 1.44. The molecule has 0 spiro atoms. The van der Waals surface area contributed by atoms with Crippen molar-refractivity contribution in [1.29, 1.82) is 0 Å². The minimum absolute atomic E-state index is 0.242. The minimum atomic E-state index is -0.291. The predicted molar refractivity (Wildman–Crippen MR) is 134 cm³/mol. The van der Waals surface area contributed by atoms with Crippen molar-refractivity contribution in [2.45, 2.75) is 25.8 Å². The van der Waals surface area contributed by atoms with Crippen LogP contribution in [0.15, 0.2) is 42.6 Å². The number of pyridine rings is 1. The maximum absolute atomic E-state index is 12.8. The largest absolute Gasteiger partial charge is 0.496 e. The predicted octanol–water partition coefficient (Wildman–Crippen LogP) is 4.74. The fourth-order valence-electron chi connectivity index (χ4n) is 3.42. The molecule has 2 aromatic carbocycles. The highest BCUT2D eigenvalue weighted by molar-refractivity contribution is 6.33. The van der Waals surface area contributed by atoms with Crippen LogP contribution in [0.3, 0.4) is 0 Å². The van der Waals surface area contributed by atoms with Crippen molar-refractivity contribution >= 4 is 40.1 Å². The zero-order chi connectivity index (χ0) is 24.8. The number of carbonyl (C=O) groups is 2. The molecule has 0 aliphatic heterocycles. The molecule has 3 amide bonds. The number of fused-ring (bicyclic) bond motifs is 1. The van der Waals surface area contributed by atoms with Crippen LogP contribution >= 0.6 is 11.6 Å². The van der Waals surface area contributed by atoms with E-state index in [1.165, 1.54) is 7.11 Å². The molecule has 35 heavy (non-hydrogen) atoms. The molecule has 1 aliphatic carbocycles. The van der Waals surface area contributed by atoms with Crippen molar-refractivity contribution in [2.75, 3.05) is 32.2 Å². The molecular formula is C25H27ClN4O5. The number of amides is 3. The van der Waals surface area contributed by atoms with Crippen LogP contribution in [-0.2, 0) is 4.74 Å². The van der Waals surface area contributed by atoms with Gasteiger partial charge in [-0.2, -0.15) is 0 Å². The zero-order valence-corrected chi connectivity index (χ0v) is 20.3. The normalized spacial score (nSPS) is 12.8. The van der Waals surface area contributed by atoms with Gasteiger partial charge in [0.1, 0.15) is 17.2 Å². The van der Waals surface area contributed by atoms with Gasteiger partial charge in [0.25, 0.3) is 5.91 Å². The summed E-state index contributed by atoms with van der Waals surface area (Å²) in [5, 5.41) is 9.39. The van der Waals surface area contributed by atoms with Crippen molar-refractivity contribution in [3.63, 3.8) is 0 Å². The van der Waals surface area contributed by atoms with Crippen LogP contribution < -0.4 is 25.4 Å². The number of benzene rings is 2. The molecule has 1 saturated carbocycles. The Balaban J connectivity index is 1.55. The fourth-order valence-corrected chi connectivity index (χ4v) is 3.64. The van der Waals surface area contributed by atoms with Crippen molar-refractivity contribution in [3.8, 4) is 17.2 Å². The van der Waals surface area contributed by atoms with Gasteiger partial charge >= 0.3 is 6.03 Å². The Bertz CT molecular complexity index is 1230. The lowest BCUT2D eigenvalue weighted by molar-refractivity contribution is 0.0920. The van der Waals surface area contributed by atoms with E-state index in [1.54, 1.807) is 42.6 Å². The number of hydrogen-bond donors (Lipinski definition) is 3. The van der Waals surface area contributed by atoms with Crippen LogP contribution in [0.5, 0.6) is 17.2 Å². The molecule has 0 unspecified atom stereocenters. The lowest BCUT2D eigenvalue weighted by Crippen LogP contribution is -2.30. The van der Waals surface area contributed by atoms with Crippen molar-refractivity contribution < 1.29 is 23.8 Å². The quantitative estimate of drug-likeness (QED) is 0.348. The van der Waals surface area contributed by atoms with E-state index in [0.29, 0.717) is 64.2 Å². The number of carbonyl (C=O) groups excluding carboxylic acids is 2. The second kappa shape index (κ2) is 11.2. The highest BCUT2D eigenvalue weighted by Gasteiger charge is 2.23. The smallest absolute Gasteiger partial charge is 0.319 e. The first-order chi connectivity index (χ1) is 17.0. The molecule has 3 N–H and O–H groups in total. The second-order valence-corrected chi connectivity index (χ2v) is 8.36. The number of urea groups is 1. The van der Waals surface area contributed by atoms with Gasteiger partial charge in [0.05, 0.1) is 35.5 Å². The number of methoxy groups -OCH3 is 1. The van der Waals surface area contributed by atoms with Crippen LogP contribution in [0, 0.1) is 0 Å². The van der Waals surface area contributed by atoms with Gasteiger partial charge in [-0.3, -0.25) is 9.78 Å². The summed E-state index contributed by atoms with van der Waals surface area (Å²) in [4.78, 5) is 29.2. The summed E-state index contributed by atoms with van der Waals surface area (Å²) in [6, 6.07) is 10.0. The van der Waals surface area contributed by atoms with E-state index in [9.17, 15) is 9.59 Å². The highest BCUT2D eigenvalue weighted by Crippen LogP contribution is 2.35. The van der Waals surface area contributed by atoms with Crippen molar-refractivity contribution in [3.05, 3.63) is 53.2 Å². The average molecular weight is 499 g/mol. The van der Waals surface area contributed by atoms with E-state index in [0.717, 1.165) is 12.8 Å². The van der Waals surface area contributed by atoms with E-state index < -0.39 is 0 Å². The number of aromatic nitrogens is 1. The van der Waals surface area contributed by atoms with Crippen LogP contribution in [0.25, 0.3) is 10.9 Å². The molecule has 4 rings (SSSR count). The van der Waals surface area contributed by atoms with E-state index >= 15 is 0 Å². The van der Waals surface area contributed by atoms with Crippen LogP contribution in [0.1, 0.15) is 30.1 Å². The Morgan fingerprint density at radius 2 is 1.97 bits per heavy atom. The molecule has 9 nitrogen and oxygen atoms in total. The molecule has 1 aromatic heterocycles. The summed E-state index contributed by atoms with van der Waals surface area (Å²) in [6.45, 7) is 3.27. The number of rotatable bonds is 10. The molecule has 10 heteroatoms. The maximum atomic E-state index is 12.8. The molecule has 1 heterocycles. The third-order valence-corrected chi connectivity index (χ3v) is 5.65. The Morgan fingerprint density at radius 3 is 2.69 bits per heavy atom. The average Bonchev–Trinajstić information content (AvgIpc) is 3.66. The number of nitrogens with one attached hydrogen (secondary N) is 3. The number of ether oxygens (including phenoxy) is 3. The van der Waals surface area contributed by atoms with Gasteiger partial charge < -0.3 is 30.2 Å². The highest BCUT2D eigenvalue weighted by atomic mass is 35.5. The Labute approximate surface area is 208 Å². The number of nitrogens with zero attached hydrogens (tertiary/aromatic N) is 1. The molecule has 1 aliphatic rings. The van der Waals surface area contributed by atoms with Gasteiger partial charge in [-0.25, -0.2) is 4.79 Å². The van der Waals surface area contributed by atoms with E-state index in [-0.39, 0.29) is 18.0 Å². The van der Waals surface area contributed by atoms with E-state index in [4.69, 9.17) is 25.8 Å². The van der Waals surface area contributed by atoms with E-state index in [1.807, 2.05) is 6.92 Å². The van der Waals surface area contributed by atoms with Crippen molar-refractivity contribution in [1.82, 2.24) is 15.6 Å². The van der Waals surface area contributed by atoms with Crippen molar-refractivity contribution in [2.24, 2.45) is 0 Å². The zero-order valence-electron chi connectivity index (χ0n) is 19.5. The summed E-state index contributed by atoms with van der Waals surface area (Å²) in [6.07, 6.45) is 3.60. The summed E-state index contributed by atoms with van der Waals surface area (Å²) >= 11 is 6.37. The first-order valence-corrected chi connectivity index (χ1v) is 11.7. The van der Waals surface area contributed by atoms with Crippen LogP contribution in [0.4, 0.5) is 10.5 Å². The number of hydrogen-bond acceptors (Lipinski definition) is 6. The van der Waals surface area contributed by atoms with Gasteiger partial charge in [0.2, 0.25) is 0 Å². The Hall–Kier alpha value is -3.56. The third-order valence-electron chi connectivity index (χ3n) is 5.33. The van der Waals surface area contributed by atoms with Gasteiger partial charge in [0.15, 0.2) is 0 Å². The molecule has 0 atom stereocenters. The molecular weight excluding hydrogens is 472 g/mol. The third kappa shape index (κ3) is 6.32. The second-order valence-electron chi connectivity index (χ2n) is 7.95. The maximum Gasteiger partial charge on any atom is 0.319 e. The fraction of sp³-hybridized carbons (Fsp3) is 0.320. The number of anilines is 1. The summed E-state index contributed by atoms with van der Waals surface area (Å²) in [5.74, 6) is 1.07. The van der Waals surface area contributed by atoms with Gasteiger partial charge in [-0.1, -0.05) is 11.6 Å². The van der Waals surface area contributed by atoms with Gasteiger partial charge in [-0.05, 0) is 44.0 Å². The SMILES string of the molecule is CCOCCNC(=O)c1cc2c(Oc3ccc(NC(=O)NC4CC4)c(Cl)c3)ccnc2cc1OC. The lowest BCUT2D eigenvalue weighted by atomic mass is 10.1. The van der Waals surface area contributed by atoms with Gasteiger partial charge in [0, 0.05) is 42.9 Å². The molecule has 184 valence electrons. The number of halogens is 1. The standard InChI is InChI=1S/C25H27ClN4O5/c1-3-34-11-10-28-24(31)18-13-17-21(14-23(18)33-2)27-9-8-22(17)35-16-6-7-20(19(26)12-16)30-25(32)29-15-4-5-15/h6-9,12-15H,3-5,10-11H2,1-2H3,(H,28,31)(H2,29,30,32). The first-order valence-electron chi connectivity index (χ1n) is 11.4. The lowest BCUT2D eigenvalue weighted by Gasteiger charge is -2.14. The molecule has 0 bridgehead atoms. The van der Waals surface area contributed by atoms with E-state index in [2.05, 4.69) is 20.9 Å². The monoisotopic (exact) mass is 498 g/mol. The summed E-state index contributed by atoms with van der Waals surface area (Å²) < 4.78 is 16.8. The minimum Gasteiger partial charge on any atom is -0.496 e. The molecule has 3 aromatic rings. The Morgan fingerprint density at radius 1 is 1.14 bits per heavy atom. The van der Waals surface area contributed by atoms with Crippen LogP contribution in [0.2, 0.25) is 5.02 Å². The first kappa shape index (κ1) is 24.6.